The second-order valence-corrected chi connectivity index (χ2v) is 38.8. The molecule has 0 aromatic carbocycles. The van der Waals surface area contributed by atoms with Crippen LogP contribution < -0.4 is 0 Å². The minimum Gasteiger partial charge on any atom is -0.416 e. The minimum absolute atomic E-state index is 0.101. The third-order valence-corrected chi connectivity index (χ3v) is 35.1. The first kappa shape index (κ1) is 43.9. The summed E-state index contributed by atoms with van der Waals surface area (Å²) in [5.41, 5.74) is 0. The Morgan fingerprint density at radius 1 is 0.395 bits per heavy atom. The van der Waals surface area contributed by atoms with E-state index in [0.717, 1.165) is 31.7 Å². The van der Waals surface area contributed by atoms with Crippen molar-refractivity contribution in [1.82, 2.24) is 0 Å². The van der Waals surface area contributed by atoms with Crippen molar-refractivity contribution in [2.75, 3.05) is 13.2 Å². The van der Waals surface area contributed by atoms with Crippen LogP contribution in [0.5, 0.6) is 0 Å². The van der Waals surface area contributed by atoms with E-state index in [-0.39, 0.29) is 15.1 Å². The standard InChI is InChI=1S/C33H78O5Si5/c1-19-34-42(18,35-20-2)29-27-25-23-21-22-24-26-28-30-43(36-39(12,13)31(3,4)5,37-40(14,15)32(6,7)8)38-41(16,17)33(9,10)11/h19-30H2,1-18H3. The Bertz CT molecular complexity index is 707. The monoisotopic (exact) mass is 694 g/mol. The Morgan fingerprint density at radius 2 is 0.651 bits per heavy atom. The lowest BCUT2D eigenvalue weighted by molar-refractivity contribution is 0.188. The molecule has 43 heavy (non-hydrogen) atoms. The Labute approximate surface area is 276 Å². The molecule has 0 fully saturated rings. The van der Waals surface area contributed by atoms with E-state index in [0.29, 0.717) is 0 Å². The molecule has 0 atom stereocenters. The zero-order valence-electron chi connectivity index (χ0n) is 32.5. The predicted octanol–water partition coefficient (Wildman–Crippen LogP) is 12.3. The number of unbranched alkanes of at least 4 members (excludes halogenated alkanes) is 7. The summed E-state index contributed by atoms with van der Waals surface area (Å²) in [5.74, 6) is 0. The fourth-order valence-electron chi connectivity index (χ4n) is 4.49. The van der Waals surface area contributed by atoms with E-state index >= 15 is 0 Å². The van der Waals surface area contributed by atoms with Crippen molar-refractivity contribution in [3.8, 4) is 0 Å². The lowest BCUT2D eigenvalue weighted by Crippen LogP contribution is -2.65. The van der Waals surface area contributed by atoms with Gasteiger partial charge in [0, 0.05) is 19.3 Å². The van der Waals surface area contributed by atoms with E-state index in [4.69, 9.17) is 21.2 Å². The van der Waals surface area contributed by atoms with Crippen LogP contribution in [0.15, 0.2) is 0 Å². The number of hydrogen-bond acceptors (Lipinski definition) is 5. The van der Waals surface area contributed by atoms with Crippen molar-refractivity contribution >= 4 is 42.3 Å². The van der Waals surface area contributed by atoms with Gasteiger partial charge in [-0.2, -0.15) is 0 Å². The molecule has 0 N–H and O–H groups in total. The summed E-state index contributed by atoms with van der Waals surface area (Å²) >= 11 is 0. The highest BCUT2D eigenvalue weighted by Gasteiger charge is 2.57. The van der Waals surface area contributed by atoms with Gasteiger partial charge in [0.15, 0.2) is 25.0 Å². The molecule has 0 aliphatic heterocycles. The molecule has 0 amide bonds. The summed E-state index contributed by atoms with van der Waals surface area (Å²) in [6.45, 7) is 43.3. The summed E-state index contributed by atoms with van der Waals surface area (Å²) in [5, 5.41) is 0.304. The molecule has 0 aromatic heterocycles. The Balaban J connectivity index is 5.57. The molecule has 260 valence electrons. The van der Waals surface area contributed by atoms with Crippen LogP contribution in [-0.4, -0.2) is 55.5 Å². The van der Waals surface area contributed by atoms with Gasteiger partial charge in [-0.15, -0.1) is 0 Å². The van der Waals surface area contributed by atoms with E-state index in [1.807, 2.05) is 0 Å². The van der Waals surface area contributed by atoms with Gasteiger partial charge in [-0.1, -0.05) is 107 Å². The fourth-order valence-corrected chi connectivity index (χ4v) is 23.5. The van der Waals surface area contributed by atoms with Gasteiger partial charge in [-0.05, 0) is 87.3 Å². The highest BCUT2D eigenvalue weighted by Crippen LogP contribution is 2.47. The molecule has 0 aliphatic carbocycles. The molecule has 10 heteroatoms. The molecule has 0 bridgehead atoms. The highest BCUT2D eigenvalue weighted by atomic mass is 28.5. The fraction of sp³-hybridized carbons (Fsp3) is 1.00. The van der Waals surface area contributed by atoms with Crippen molar-refractivity contribution in [3.05, 3.63) is 0 Å². The first-order valence-corrected chi connectivity index (χ1v) is 30.8. The maximum Gasteiger partial charge on any atom is 0.469 e. The minimum atomic E-state index is -2.98. The molecular weight excluding hydrogens is 617 g/mol. The Morgan fingerprint density at radius 3 is 0.907 bits per heavy atom. The van der Waals surface area contributed by atoms with Crippen molar-refractivity contribution in [3.63, 3.8) is 0 Å². The van der Waals surface area contributed by atoms with Gasteiger partial charge < -0.3 is 21.2 Å². The summed E-state index contributed by atoms with van der Waals surface area (Å²) in [7, 11) is -11.4. The average Bonchev–Trinajstić information content (AvgIpc) is 2.77. The van der Waals surface area contributed by atoms with E-state index < -0.39 is 42.3 Å². The van der Waals surface area contributed by atoms with Gasteiger partial charge in [0.05, 0.1) is 0 Å². The molecule has 0 heterocycles. The van der Waals surface area contributed by atoms with E-state index in [1.54, 1.807) is 0 Å². The summed E-state index contributed by atoms with van der Waals surface area (Å²) < 4.78 is 34.4. The van der Waals surface area contributed by atoms with Crippen molar-refractivity contribution in [2.45, 2.75) is 201 Å². The largest absolute Gasteiger partial charge is 0.469 e. The Hall–Kier alpha value is 0.884. The average molecular weight is 695 g/mol. The molecule has 0 saturated heterocycles. The molecule has 0 spiro atoms. The summed E-state index contributed by atoms with van der Waals surface area (Å²) in [6.07, 6.45) is 10.0. The van der Waals surface area contributed by atoms with Crippen molar-refractivity contribution in [1.29, 1.82) is 0 Å². The van der Waals surface area contributed by atoms with E-state index in [1.165, 1.54) is 44.9 Å². The zero-order valence-corrected chi connectivity index (χ0v) is 37.5. The van der Waals surface area contributed by atoms with Crippen LogP contribution in [0.25, 0.3) is 0 Å². The molecule has 0 radical (unpaired) electrons. The molecule has 0 aliphatic rings. The maximum absolute atomic E-state index is 7.47. The van der Waals surface area contributed by atoms with Crippen LogP contribution in [0, 0.1) is 0 Å². The first-order chi connectivity index (χ1) is 19.2. The third-order valence-electron chi connectivity index (χ3n) is 10.4. The zero-order chi connectivity index (χ0) is 34.0. The van der Waals surface area contributed by atoms with Gasteiger partial charge >= 0.3 is 17.4 Å². The van der Waals surface area contributed by atoms with Crippen molar-refractivity contribution in [2.24, 2.45) is 0 Å². The topological polar surface area (TPSA) is 46.2 Å². The van der Waals surface area contributed by atoms with E-state index in [9.17, 15) is 0 Å². The van der Waals surface area contributed by atoms with Crippen molar-refractivity contribution < 1.29 is 21.2 Å². The molecule has 5 nitrogen and oxygen atoms in total. The third kappa shape index (κ3) is 15.1. The Kier molecular flexibility index (Phi) is 17.7. The number of rotatable bonds is 21. The molecule has 0 aromatic rings. The molecular formula is C33H78O5Si5. The second-order valence-electron chi connectivity index (χ2n) is 17.6. The maximum atomic E-state index is 7.47. The molecule has 0 saturated carbocycles. The quantitative estimate of drug-likeness (QED) is 0.0884. The van der Waals surface area contributed by atoms with Crippen LogP contribution in [-0.2, 0) is 21.2 Å². The smallest absolute Gasteiger partial charge is 0.416 e. The van der Waals surface area contributed by atoms with Gasteiger partial charge in [0.2, 0.25) is 0 Å². The van der Waals surface area contributed by atoms with Gasteiger partial charge in [-0.3, -0.25) is 0 Å². The molecule has 0 rings (SSSR count). The molecule has 0 unspecified atom stereocenters. The van der Waals surface area contributed by atoms with Gasteiger partial charge in [0.1, 0.15) is 0 Å². The predicted molar refractivity (Wildman–Crippen MR) is 202 cm³/mol. The van der Waals surface area contributed by atoms with Crippen LogP contribution in [0.1, 0.15) is 128 Å². The summed E-state index contributed by atoms with van der Waals surface area (Å²) in [6, 6.07) is 2.05. The summed E-state index contributed by atoms with van der Waals surface area (Å²) in [4.78, 5) is 0. The lowest BCUT2D eigenvalue weighted by Gasteiger charge is -2.52. The van der Waals surface area contributed by atoms with Gasteiger partial charge in [-0.25, -0.2) is 0 Å². The SMILES string of the molecule is CCO[Si](C)(CCCCCCCCCC[Si](O[Si](C)(C)C(C)(C)C)(O[Si](C)(C)C(C)(C)C)O[Si](C)(C)C(C)(C)C)OCC. The highest BCUT2D eigenvalue weighted by molar-refractivity contribution is 6.92. The van der Waals surface area contributed by atoms with E-state index in [2.05, 4.69) is 122 Å². The van der Waals surface area contributed by atoms with Crippen LogP contribution in [0.2, 0.25) is 73.0 Å². The second kappa shape index (κ2) is 17.3. The van der Waals surface area contributed by atoms with Gasteiger partial charge in [0.25, 0.3) is 0 Å². The normalized spacial score (nSPS) is 14.9. The van der Waals surface area contributed by atoms with Crippen LogP contribution >= 0.6 is 0 Å². The van der Waals surface area contributed by atoms with Crippen LogP contribution in [0.3, 0.4) is 0 Å². The number of hydrogen-bond donors (Lipinski definition) is 0. The first-order valence-electron chi connectivity index (χ1n) is 17.6. The van der Waals surface area contributed by atoms with Crippen LogP contribution in [0.4, 0.5) is 0 Å². The lowest BCUT2D eigenvalue weighted by atomic mass is 10.1.